The van der Waals surface area contributed by atoms with Gasteiger partial charge in [0.2, 0.25) is 0 Å². The third kappa shape index (κ3) is 3.01. The van der Waals surface area contributed by atoms with Crippen LogP contribution in [0.5, 0.6) is 0 Å². The molecule has 1 aliphatic carbocycles. The van der Waals surface area contributed by atoms with Crippen molar-refractivity contribution in [3.8, 4) is 0 Å². The molecule has 1 atom stereocenters. The Morgan fingerprint density at radius 2 is 1.65 bits per heavy atom. The lowest BCUT2D eigenvalue weighted by molar-refractivity contribution is 0.178. The first kappa shape index (κ1) is 13.9. The van der Waals surface area contributed by atoms with Gasteiger partial charge in [0.25, 0.3) is 0 Å². The van der Waals surface area contributed by atoms with Crippen molar-refractivity contribution < 1.29 is 5.11 Å². The summed E-state index contributed by atoms with van der Waals surface area (Å²) < 4.78 is 0. The molecular weight excluding hydrogens is 291 g/mol. The van der Waals surface area contributed by atoms with Crippen LogP contribution in [0.4, 0.5) is 0 Å². The fourth-order valence-corrected chi connectivity index (χ4v) is 3.40. The number of aliphatic hydroxyl groups is 1. The van der Waals surface area contributed by atoms with Crippen LogP contribution in [0.15, 0.2) is 36.4 Å². The predicted molar refractivity (Wildman–Crippen MR) is 83.6 cm³/mol. The molecule has 0 fully saturated rings. The second-order valence-electron chi connectivity index (χ2n) is 5.38. The fourth-order valence-electron chi connectivity index (χ4n) is 2.86. The van der Waals surface area contributed by atoms with Gasteiger partial charge in [-0.15, -0.1) is 0 Å². The van der Waals surface area contributed by atoms with E-state index in [2.05, 4.69) is 18.2 Å². The van der Waals surface area contributed by atoms with Crippen LogP contribution in [0.3, 0.4) is 0 Å². The molecular formula is C17H16Cl2O. The van der Waals surface area contributed by atoms with E-state index in [1.165, 1.54) is 24.0 Å². The van der Waals surface area contributed by atoms with Crippen LogP contribution in [0.2, 0.25) is 10.0 Å². The van der Waals surface area contributed by atoms with Crippen molar-refractivity contribution >= 4 is 23.2 Å². The van der Waals surface area contributed by atoms with Crippen LogP contribution in [0.25, 0.3) is 0 Å². The molecule has 0 aliphatic heterocycles. The summed E-state index contributed by atoms with van der Waals surface area (Å²) >= 11 is 12.0. The zero-order valence-electron chi connectivity index (χ0n) is 11.1. The van der Waals surface area contributed by atoms with Crippen LogP contribution in [-0.4, -0.2) is 5.11 Å². The monoisotopic (exact) mass is 306 g/mol. The molecule has 1 aliphatic rings. The van der Waals surface area contributed by atoms with Gasteiger partial charge >= 0.3 is 0 Å². The normalized spacial score (nSPS) is 15.2. The highest BCUT2D eigenvalue weighted by molar-refractivity contribution is 6.34. The van der Waals surface area contributed by atoms with Crippen molar-refractivity contribution in [2.24, 2.45) is 0 Å². The molecule has 0 spiro atoms. The maximum atomic E-state index is 10.4. The van der Waals surface area contributed by atoms with Crippen molar-refractivity contribution in [1.82, 2.24) is 0 Å². The summed E-state index contributed by atoms with van der Waals surface area (Å²) in [5, 5.41) is 11.5. The Balaban J connectivity index is 1.80. The van der Waals surface area contributed by atoms with Gasteiger partial charge in [-0.1, -0.05) is 41.4 Å². The molecule has 3 rings (SSSR count). The van der Waals surface area contributed by atoms with Crippen LogP contribution in [0, 0.1) is 0 Å². The molecule has 0 aromatic heterocycles. The summed E-state index contributed by atoms with van der Waals surface area (Å²) in [7, 11) is 0. The van der Waals surface area contributed by atoms with E-state index in [-0.39, 0.29) is 0 Å². The van der Waals surface area contributed by atoms with Gasteiger partial charge in [0.1, 0.15) is 0 Å². The van der Waals surface area contributed by atoms with E-state index in [9.17, 15) is 5.11 Å². The second-order valence-corrected chi connectivity index (χ2v) is 6.25. The van der Waals surface area contributed by atoms with Crippen LogP contribution in [-0.2, 0) is 19.3 Å². The number of hydrogen-bond donors (Lipinski definition) is 1. The Kier molecular flexibility index (Phi) is 4.02. The van der Waals surface area contributed by atoms with E-state index < -0.39 is 6.10 Å². The van der Waals surface area contributed by atoms with Gasteiger partial charge in [-0.25, -0.2) is 0 Å². The summed E-state index contributed by atoms with van der Waals surface area (Å²) in [5.41, 5.74) is 4.81. The molecule has 1 N–H and O–H groups in total. The Labute approximate surface area is 129 Å². The molecule has 0 saturated carbocycles. The van der Waals surface area contributed by atoms with Gasteiger partial charge in [0.05, 0.1) is 6.10 Å². The fraction of sp³-hybridized carbons (Fsp3) is 0.294. The molecule has 0 radical (unpaired) electrons. The molecule has 20 heavy (non-hydrogen) atoms. The van der Waals surface area contributed by atoms with Gasteiger partial charge in [-0.05, 0) is 59.7 Å². The van der Waals surface area contributed by atoms with Gasteiger partial charge in [-0.3, -0.25) is 0 Å². The van der Waals surface area contributed by atoms with Crippen molar-refractivity contribution in [3.63, 3.8) is 0 Å². The van der Waals surface area contributed by atoms with Crippen LogP contribution in [0.1, 0.15) is 34.8 Å². The van der Waals surface area contributed by atoms with E-state index in [1.807, 2.05) is 0 Å². The molecule has 1 nitrogen and oxygen atoms in total. The summed E-state index contributed by atoms with van der Waals surface area (Å²) in [6.45, 7) is 0. The quantitative estimate of drug-likeness (QED) is 0.867. The van der Waals surface area contributed by atoms with E-state index in [1.54, 1.807) is 18.2 Å². The molecule has 0 saturated heterocycles. The molecule has 1 unspecified atom stereocenters. The number of benzene rings is 2. The van der Waals surface area contributed by atoms with Crippen LogP contribution < -0.4 is 0 Å². The van der Waals surface area contributed by atoms with Crippen molar-refractivity contribution in [3.05, 3.63) is 68.7 Å². The van der Waals surface area contributed by atoms with E-state index in [0.29, 0.717) is 16.5 Å². The van der Waals surface area contributed by atoms with Gasteiger partial charge in [0.15, 0.2) is 0 Å². The lowest BCUT2D eigenvalue weighted by Crippen LogP contribution is -2.02. The number of fused-ring (bicyclic) bond motifs is 1. The zero-order chi connectivity index (χ0) is 14.1. The van der Waals surface area contributed by atoms with E-state index >= 15 is 0 Å². The maximum absolute atomic E-state index is 10.4. The molecule has 2 aromatic rings. The average Bonchev–Trinajstić information content (AvgIpc) is 2.85. The Morgan fingerprint density at radius 3 is 2.40 bits per heavy atom. The number of aliphatic hydroxyl groups excluding tert-OH is 1. The molecule has 0 heterocycles. The van der Waals surface area contributed by atoms with Gasteiger partial charge in [0, 0.05) is 16.5 Å². The minimum Gasteiger partial charge on any atom is -0.388 e. The Hall–Kier alpha value is -1.02. The lowest BCUT2D eigenvalue weighted by atomic mass is 9.98. The summed E-state index contributed by atoms with van der Waals surface area (Å²) in [6, 6.07) is 11.7. The minimum atomic E-state index is -0.578. The van der Waals surface area contributed by atoms with E-state index in [4.69, 9.17) is 23.2 Å². The van der Waals surface area contributed by atoms with Crippen molar-refractivity contribution in [2.45, 2.75) is 31.8 Å². The van der Waals surface area contributed by atoms with Crippen molar-refractivity contribution in [2.75, 3.05) is 0 Å². The molecule has 3 heteroatoms. The average molecular weight is 307 g/mol. The first-order valence-corrected chi connectivity index (χ1v) is 7.62. The first-order chi connectivity index (χ1) is 9.61. The minimum absolute atomic E-state index is 0.556. The number of halogens is 2. The maximum Gasteiger partial charge on any atom is 0.0831 e. The SMILES string of the molecule is OC(Cc1ccc2c(c1)CCC2)c1cc(Cl)cc(Cl)c1. The molecule has 2 aromatic carbocycles. The highest BCUT2D eigenvalue weighted by Crippen LogP contribution is 2.28. The topological polar surface area (TPSA) is 20.2 Å². The molecule has 0 bridgehead atoms. The largest absolute Gasteiger partial charge is 0.388 e. The number of rotatable bonds is 3. The standard InChI is InChI=1S/C17H16Cl2O/c18-15-8-14(9-16(19)10-15)17(20)7-11-4-5-12-2-1-3-13(12)6-11/h4-6,8-10,17,20H,1-3,7H2. The van der Waals surface area contributed by atoms with Crippen molar-refractivity contribution in [1.29, 1.82) is 0 Å². The zero-order valence-corrected chi connectivity index (χ0v) is 12.6. The Morgan fingerprint density at radius 1 is 0.950 bits per heavy atom. The third-order valence-electron chi connectivity index (χ3n) is 3.86. The first-order valence-electron chi connectivity index (χ1n) is 6.86. The molecule has 104 valence electrons. The second kappa shape index (κ2) is 5.77. The summed E-state index contributed by atoms with van der Waals surface area (Å²) in [5.74, 6) is 0. The highest BCUT2D eigenvalue weighted by atomic mass is 35.5. The molecule has 0 amide bonds. The predicted octanol–water partition coefficient (Wildman–Crippen LogP) is 4.76. The lowest BCUT2D eigenvalue weighted by Gasteiger charge is -2.13. The third-order valence-corrected chi connectivity index (χ3v) is 4.30. The summed E-state index contributed by atoms with van der Waals surface area (Å²) in [6.07, 6.45) is 3.59. The van der Waals surface area contributed by atoms with E-state index in [0.717, 1.165) is 17.5 Å². The number of hydrogen-bond acceptors (Lipinski definition) is 1. The van der Waals surface area contributed by atoms with Crippen LogP contribution >= 0.6 is 23.2 Å². The van der Waals surface area contributed by atoms with Gasteiger partial charge < -0.3 is 5.11 Å². The Bertz CT molecular complexity index is 617. The number of aryl methyl sites for hydroxylation is 2. The summed E-state index contributed by atoms with van der Waals surface area (Å²) in [4.78, 5) is 0. The van der Waals surface area contributed by atoms with Gasteiger partial charge in [-0.2, -0.15) is 0 Å². The smallest absolute Gasteiger partial charge is 0.0831 e. The highest BCUT2D eigenvalue weighted by Gasteiger charge is 2.14.